The first-order valence-electron chi connectivity index (χ1n) is 15.4. The van der Waals surface area contributed by atoms with Crippen LogP contribution in [0.2, 0.25) is 5.04 Å². The van der Waals surface area contributed by atoms with E-state index in [0.29, 0.717) is 43.7 Å². The van der Waals surface area contributed by atoms with Crippen LogP contribution in [0.15, 0.2) is 102 Å². The van der Waals surface area contributed by atoms with Crippen LogP contribution in [-0.4, -0.2) is 27.3 Å². The number of rotatable bonds is 10. The molecule has 0 bridgehead atoms. The number of ketones is 1. The van der Waals surface area contributed by atoms with Crippen LogP contribution in [0.4, 0.5) is 0 Å². The molecule has 0 amide bonds. The number of hydrogen-bond acceptors (Lipinski definition) is 3. The Morgan fingerprint density at radius 1 is 0.805 bits per heavy atom. The van der Waals surface area contributed by atoms with Crippen molar-refractivity contribution in [1.29, 1.82) is 0 Å². The Labute approximate surface area is 248 Å². The summed E-state index contributed by atoms with van der Waals surface area (Å²) in [6, 6.07) is 31.8. The van der Waals surface area contributed by atoms with Gasteiger partial charge in [0.05, 0.1) is 6.61 Å². The summed E-state index contributed by atoms with van der Waals surface area (Å²) in [5.41, 5.74) is 3.03. The van der Waals surface area contributed by atoms with Crippen LogP contribution in [-0.2, 0) is 9.22 Å². The van der Waals surface area contributed by atoms with E-state index in [2.05, 4.69) is 88.4 Å². The van der Waals surface area contributed by atoms with Gasteiger partial charge in [-0.1, -0.05) is 118 Å². The van der Waals surface area contributed by atoms with Gasteiger partial charge in [0.1, 0.15) is 11.5 Å². The van der Waals surface area contributed by atoms with Crippen molar-refractivity contribution >= 4 is 24.5 Å². The van der Waals surface area contributed by atoms with E-state index >= 15 is 0 Å². The topological polar surface area (TPSA) is 35.5 Å². The molecule has 0 aromatic heterocycles. The maximum atomic E-state index is 13.1. The number of benzene rings is 3. The number of allylic oxidation sites excluding steroid dienone is 1. The largest absolute Gasteiger partial charge is 0.493 e. The normalized spacial score (nSPS) is 21.5. The van der Waals surface area contributed by atoms with Gasteiger partial charge in [0.2, 0.25) is 0 Å². The molecule has 41 heavy (non-hydrogen) atoms. The van der Waals surface area contributed by atoms with Crippen molar-refractivity contribution in [2.45, 2.75) is 71.3 Å². The number of ether oxygens (including phenoxy) is 1. The van der Waals surface area contributed by atoms with Gasteiger partial charge in [-0.25, -0.2) is 0 Å². The second-order valence-electron chi connectivity index (χ2n) is 13.2. The molecule has 1 fully saturated rings. The lowest BCUT2D eigenvalue weighted by Crippen LogP contribution is -2.66. The van der Waals surface area contributed by atoms with E-state index in [1.165, 1.54) is 15.9 Å². The fraction of sp³-hybridized carbons (Fsp3) is 0.432. The van der Waals surface area contributed by atoms with E-state index in [1.807, 2.05) is 30.3 Å². The van der Waals surface area contributed by atoms with Crippen molar-refractivity contribution in [3.63, 3.8) is 0 Å². The van der Waals surface area contributed by atoms with Crippen molar-refractivity contribution in [3.05, 3.63) is 102 Å². The zero-order valence-electron chi connectivity index (χ0n) is 25.3. The minimum atomic E-state index is -2.57. The lowest BCUT2D eigenvalue weighted by molar-refractivity contribution is -0.120. The lowest BCUT2D eigenvalue weighted by atomic mass is 9.87. The van der Waals surface area contributed by atoms with Crippen LogP contribution in [0.3, 0.4) is 0 Å². The summed E-state index contributed by atoms with van der Waals surface area (Å²) >= 11 is 0. The summed E-state index contributed by atoms with van der Waals surface area (Å²) in [6.07, 6.45) is 5.45. The molecule has 2 aliphatic rings. The summed E-state index contributed by atoms with van der Waals surface area (Å²) in [7, 11) is -2.57. The predicted octanol–water partition coefficient (Wildman–Crippen LogP) is 7.74. The van der Waals surface area contributed by atoms with Crippen molar-refractivity contribution in [2.75, 3.05) is 13.2 Å². The molecule has 0 saturated heterocycles. The van der Waals surface area contributed by atoms with Crippen molar-refractivity contribution in [3.8, 4) is 5.75 Å². The molecule has 3 aromatic carbocycles. The monoisotopic (exact) mass is 566 g/mol. The standard InChI is InChI=1S/C37H46O3Si/c1-28-23-29-25-31(38)26-30(27-39-32-15-8-5-9-16-32)35(36(29)24-28)21-14-22-40-41(37(2,3)4,33-17-10-6-11-18-33)34-19-12-7-13-20-34/h5-13,15-20,28-30H,14,21-27H2,1-4H3/t28-,29+,30+/m0/s1. The summed E-state index contributed by atoms with van der Waals surface area (Å²) in [5, 5.41) is 2.60. The maximum absolute atomic E-state index is 13.1. The third-order valence-electron chi connectivity index (χ3n) is 9.12. The van der Waals surface area contributed by atoms with E-state index in [0.717, 1.165) is 31.4 Å². The quantitative estimate of drug-likeness (QED) is 0.143. The van der Waals surface area contributed by atoms with Crippen LogP contribution < -0.4 is 15.1 Å². The predicted molar refractivity (Wildman–Crippen MR) is 171 cm³/mol. The second-order valence-corrected chi connectivity index (χ2v) is 17.5. The molecule has 216 valence electrons. The zero-order chi connectivity index (χ0) is 28.9. The van der Waals surface area contributed by atoms with Crippen molar-refractivity contribution in [1.82, 2.24) is 0 Å². The van der Waals surface area contributed by atoms with E-state index in [1.54, 1.807) is 5.57 Å². The molecule has 5 rings (SSSR count). The Bertz CT molecular complexity index is 1270. The van der Waals surface area contributed by atoms with Crippen LogP contribution in [0.25, 0.3) is 0 Å². The summed E-state index contributed by atoms with van der Waals surface area (Å²) in [4.78, 5) is 13.1. The van der Waals surface area contributed by atoms with Gasteiger partial charge in [-0.3, -0.25) is 4.79 Å². The second kappa shape index (κ2) is 12.9. The number of carbonyl (C=O) groups is 1. The Hall–Kier alpha value is -2.95. The fourth-order valence-electron chi connectivity index (χ4n) is 7.36. The van der Waals surface area contributed by atoms with Gasteiger partial charge in [-0.05, 0) is 65.1 Å². The van der Waals surface area contributed by atoms with E-state index in [9.17, 15) is 4.79 Å². The molecular weight excluding hydrogens is 520 g/mol. The van der Waals surface area contributed by atoms with Gasteiger partial charge in [-0.15, -0.1) is 0 Å². The zero-order valence-corrected chi connectivity index (χ0v) is 26.3. The molecule has 0 spiro atoms. The number of carbonyl (C=O) groups excluding carboxylic acids is 1. The van der Waals surface area contributed by atoms with Crippen LogP contribution in [0, 0.1) is 17.8 Å². The molecule has 3 aromatic rings. The number of para-hydroxylation sites is 1. The fourth-order valence-corrected chi connectivity index (χ4v) is 12.0. The SMILES string of the molecule is C[C@@H]1CC2=C(CCCO[Si](c3ccccc3)(c3ccccc3)C(C)(C)C)[C@@H](COc3ccccc3)CC(=O)C[C@H]2C1. The average Bonchev–Trinajstić information content (AvgIpc) is 3.27. The van der Waals surface area contributed by atoms with Gasteiger partial charge in [-0.2, -0.15) is 0 Å². The number of hydrogen-bond donors (Lipinski definition) is 0. The van der Waals surface area contributed by atoms with Gasteiger partial charge < -0.3 is 9.16 Å². The first kappa shape index (κ1) is 29.5. The Balaban J connectivity index is 1.39. The van der Waals surface area contributed by atoms with Crippen LogP contribution >= 0.6 is 0 Å². The van der Waals surface area contributed by atoms with Crippen molar-refractivity contribution < 1.29 is 14.0 Å². The Morgan fingerprint density at radius 3 is 1.98 bits per heavy atom. The third-order valence-corrected chi connectivity index (χ3v) is 14.2. The molecule has 4 heteroatoms. The average molecular weight is 567 g/mol. The highest BCUT2D eigenvalue weighted by molar-refractivity contribution is 6.99. The number of fused-ring (bicyclic) bond motifs is 1. The molecule has 0 heterocycles. The first-order chi connectivity index (χ1) is 19.8. The van der Waals surface area contributed by atoms with Gasteiger partial charge in [0, 0.05) is 25.4 Å². The molecule has 3 atom stereocenters. The molecule has 0 aliphatic heterocycles. The Morgan fingerprint density at radius 2 is 1.39 bits per heavy atom. The van der Waals surface area contributed by atoms with E-state index < -0.39 is 8.32 Å². The molecule has 0 unspecified atom stereocenters. The smallest absolute Gasteiger partial charge is 0.261 e. The van der Waals surface area contributed by atoms with E-state index in [-0.39, 0.29) is 11.0 Å². The minimum absolute atomic E-state index is 0.0373. The van der Waals surface area contributed by atoms with Crippen LogP contribution in [0.1, 0.15) is 66.2 Å². The van der Waals surface area contributed by atoms with Crippen molar-refractivity contribution in [2.24, 2.45) is 17.8 Å². The minimum Gasteiger partial charge on any atom is -0.493 e. The maximum Gasteiger partial charge on any atom is 0.261 e. The highest BCUT2D eigenvalue weighted by Crippen LogP contribution is 2.45. The molecule has 0 N–H and O–H groups in total. The summed E-state index contributed by atoms with van der Waals surface area (Å²) < 4.78 is 13.5. The molecule has 2 aliphatic carbocycles. The highest BCUT2D eigenvalue weighted by Gasteiger charge is 2.50. The number of Topliss-reactive ketones (excluding diaryl/α,β-unsaturated/α-hetero) is 1. The molecule has 1 saturated carbocycles. The van der Waals surface area contributed by atoms with E-state index in [4.69, 9.17) is 9.16 Å². The molecule has 3 nitrogen and oxygen atoms in total. The Kier molecular flexibility index (Phi) is 9.31. The summed E-state index contributed by atoms with van der Waals surface area (Å²) in [5.74, 6) is 2.45. The third kappa shape index (κ3) is 6.60. The summed E-state index contributed by atoms with van der Waals surface area (Å²) in [6.45, 7) is 10.6. The first-order valence-corrected chi connectivity index (χ1v) is 17.3. The van der Waals surface area contributed by atoms with Gasteiger partial charge in [0.15, 0.2) is 0 Å². The molecule has 0 radical (unpaired) electrons. The molecular formula is C37H46O3Si. The van der Waals surface area contributed by atoms with Crippen LogP contribution in [0.5, 0.6) is 5.75 Å². The lowest BCUT2D eigenvalue weighted by Gasteiger charge is -2.43. The highest BCUT2D eigenvalue weighted by atomic mass is 28.4. The van der Waals surface area contributed by atoms with Gasteiger partial charge >= 0.3 is 0 Å². The van der Waals surface area contributed by atoms with Gasteiger partial charge in [0.25, 0.3) is 8.32 Å².